The number of rotatable bonds is 7. The molecular formula is C23H31N5O4. The van der Waals surface area contributed by atoms with Crippen LogP contribution >= 0.6 is 0 Å². The summed E-state index contributed by atoms with van der Waals surface area (Å²) in [5.41, 5.74) is 0.322. The van der Waals surface area contributed by atoms with Crippen LogP contribution in [0.1, 0.15) is 31.9 Å². The Morgan fingerprint density at radius 1 is 1.12 bits per heavy atom. The van der Waals surface area contributed by atoms with Crippen LogP contribution < -0.4 is 10.1 Å². The highest BCUT2D eigenvalue weighted by Gasteiger charge is 2.34. The molecule has 9 nitrogen and oxygen atoms in total. The average Bonchev–Trinajstić information content (AvgIpc) is 2.72. The van der Waals surface area contributed by atoms with Crippen molar-refractivity contribution in [3.05, 3.63) is 29.3 Å². The second-order valence-corrected chi connectivity index (χ2v) is 9.11. The van der Waals surface area contributed by atoms with Crippen LogP contribution in [-0.4, -0.2) is 86.1 Å². The molecule has 2 aliphatic rings. The van der Waals surface area contributed by atoms with E-state index in [-0.39, 0.29) is 18.3 Å². The fourth-order valence-electron chi connectivity index (χ4n) is 3.95. The Kier molecular flexibility index (Phi) is 7.92. The summed E-state index contributed by atoms with van der Waals surface area (Å²) in [6.45, 7) is 11.3. The summed E-state index contributed by atoms with van der Waals surface area (Å²) >= 11 is 0. The van der Waals surface area contributed by atoms with E-state index in [0.29, 0.717) is 30.0 Å². The normalized spacial score (nSPS) is 21.3. The molecule has 2 atom stereocenters. The lowest BCUT2D eigenvalue weighted by molar-refractivity contribution is -0.138. The molecular weight excluding hydrogens is 410 g/mol. The molecule has 0 aromatic heterocycles. The second kappa shape index (κ2) is 10.6. The standard InChI is InChI=1S/C23H31N5O4/c1-23(2,3)32-22(29)26-6-7-27-13-19-15-28(16-20(14-27)31-19)8-9-30-21-5-4-17(11-24)10-18(21)12-25/h4-5,10,19-20H,6-9,13-16H2,1-3H3,(H,26,29). The highest BCUT2D eigenvalue weighted by Crippen LogP contribution is 2.21. The number of hydrogen-bond donors (Lipinski definition) is 1. The highest BCUT2D eigenvalue weighted by molar-refractivity contribution is 5.67. The van der Waals surface area contributed by atoms with Crippen molar-refractivity contribution in [1.29, 1.82) is 10.5 Å². The number of nitrogens with one attached hydrogen (secondary N) is 1. The first-order chi connectivity index (χ1) is 15.3. The van der Waals surface area contributed by atoms with E-state index in [2.05, 4.69) is 21.2 Å². The third-order valence-corrected chi connectivity index (χ3v) is 5.22. The molecule has 2 fully saturated rings. The Hall–Kier alpha value is -2.85. The smallest absolute Gasteiger partial charge is 0.407 e. The Labute approximate surface area is 189 Å². The molecule has 1 N–H and O–H groups in total. The maximum atomic E-state index is 11.8. The first kappa shape index (κ1) is 23.8. The van der Waals surface area contributed by atoms with Gasteiger partial charge in [0, 0.05) is 45.8 Å². The Balaban J connectivity index is 1.39. The van der Waals surface area contributed by atoms with Gasteiger partial charge in [-0.1, -0.05) is 0 Å². The lowest BCUT2D eigenvalue weighted by Crippen LogP contribution is -2.60. The van der Waals surface area contributed by atoms with E-state index in [1.807, 2.05) is 26.8 Å². The molecule has 0 aliphatic carbocycles. The van der Waals surface area contributed by atoms with Crippen molar-refractivity contribution >= 4 is 6.09 Å². The van der Waals surface area contributed by atoms with Crippen LogP contribution in [0.3, 0.4) is 0 Å². The number of nitrogens with zero attached hydrogens (tertiary/aromatic N) is 4. The van der Waals surface area contributed by atoms with E-state index < -0.39 is 5.60 Å². The first-order valence-corrected chi connectivity index (χ1v) is 10.9. The van der Waals surface area contributed by atoms with Gasteiger partial charge in [-0.2, -0.15) is 10.5 Å². The molecule has 2 unspecified atom stereocenters. The summed E-state index contributed by atoms with van der Waals surface area (Å²) in [4.78, 5) is 16.4. The Bertz CT molecular complexity index is 872. The third kappa shape index (κ3) is 7.10. The van der Waals surface area contributed by atoms with Gasteiger partial charge in [0.25, 0.3) is 0 Å². The van der Waals surface area contributed by atoms with Crippen molar-refractivity contribution < 1.29 is 19.0 Å². The lowest BCUT2D eigenvalue weighted by atomic mass is 10.1. The van der Waals surface area contributed by atoms with Crippen molar-refractivity contribution in [3.63, 3.8) is 0 Å². The van der Waals surface area contributed by atoms with Crippen LogP contribution in [0.2, 0.25) is 0 Å². The number of alkyl carbamates (subject to hydrolysis) is 1. The zero-order valence-electron chi connectivity index (χ0n) is 19.0. The minimum atomic E-state index is -0.497. The minimum Gasteiger partial charge on any atom is -0.491 e. The summed E-state index contributed by atoms with van der Waals surface area (Å²) in [6.07, 6.45) is -0.152. The third-order valence-electron chi connectivity index (χ3n) is 5.22. The van der Waals surface area contributed by atoms with Gasteiger partial charge >= 0.3 is 6.09 Å². The highest BCUT2D eigenvalue weighted by atomic mass is 16.6. The summed E-state index contributed by atoms with van der Waals surface area (Å²) < 4.78 is 17.2. The predicted molar refractivity (Wildman–Crippen MR) is 117 cm³/mol. The van der Waals surface area contributed by atoms with Gasteiger partial charge in [0.2, 0.25) is 0 Å². The molecule has 32 heavy (non-hydrogen) atoms. The SMILES string of the molecule is CC(C)(C)OC(=O)NCCN1CC2CN(CCOc3ccc(C#N)cc3C#N)CC(C1)O2. The molecule has 3 rings (SSSR count). The number of amides is 1. The molecule has 1 aromatic rings. The monoisotopic (exact) mass is 441 g/mol. The Morgan fingerprint density at radius 2 is 1.78 bits per heavy atom. The van der Waals surface area contributed by atoms with Crippen molar-refractivity contribution in [2.24, 2.45) is 0 Å². The number of benzene rings is 1. The fraction of sp³-hybridized carbons (Fsp3) is 0.609. The number of morpholine rings is 2. The number of carbonyl (C=O) groups excluding carboxylic acids is 1. The number of ether oxygens (including phenoxy) is 3. The second-order valence-electron chi connectivity index (χ2n) is 9.11. The van der Waals surface area contributed by atoms with Gasteiger partial charge in [0.05, 0.1) is 29.4 Å². The molecule has 172 valence electrons. The average molecular weight is 442 g/mol. The van der Waals surface area contributed by atoms with Gasteiger partial charge in [0.1, 0.15) is 24.0 Å². The molecule has 2 heterocycles. The molecule has 1 amide bonds. The summed E-state index contributed by atoms with van der Waals surface area (Å²) in [7, 11) is 0. The number of carbonyl (C=O) groups is 1. The Morgan fingerprint density at radius 3 is 2.38 bits per heavy atom. The topological polar surface area (TPSA) is 111 Å². The van der Waals surface area contributed by atoms with Crippen LogP contribution in [0.5, 0.6) is 5.75 Å². The van der Waals surface area contributed by atoms with Crippen LogP contribution in [0, 0.1) is 22.7 Å². The molecule has 0 spiro atoms. The van der Waals surface area contributed by atoms with E-state index >= 15 is 0 Å². The van der Waals surface area contributed by atoms with Crippen molar-refractivity contribution in [1.82, 2.24) is 15.1 Å². The molecule has 9 heteroatoms. The van der Waals surface area contributed by atoms with Crippen LogP contribution in [0.4, 0.5) is 4.79 Å². The number of hydrogen-bond acceptors (Lipinski definition) is 8. The molecule has 1 aromatic carbocycles. The van der Waals surface area contributed by atoms with Gasteiger partial charge in [-0.3, -0.25) is 9.80 Å². The van der Waals surface area contributed by atoms with Gasteiger partial charge in [-0.05, 0) is 39.0 Å². The van der Waals surface area contributed by atoms with Crippen molar-refractivity contribution in [2.45, 2.75) is 38.6 Å². The maximum Gasteiger partial charge on any atom is 0.407 e. The summed E-state index contributed by atoms with van der Waals surface area (Å²) in [6, 6.07) is 8.98. The van der Waals surface area contributed by atoms with E-state index in [0.717, 1.165) is 39.3 Å². The van der Waals surface area contributed by atoms with E-state index in [4.69, 9.17) is 19.5 Å². The van der Waals surface area contributed by atoms with Crippen LogP contribution in [-0.2, 0) is 9.47 Å². The fourth-order valence-corrected chi connectivity index (χ4v) is 3.95. The number of nitriles is 2. The van der Waals surface area contributed by atoms with Crippen LogP contribution in [0.15, 0.2) is 18.2 Å². The van der Waals surface area contributed by atoms with Gasteiger partial charge in [-0.15, -0.1) is 0 Å². The first-order valence-electron chi connectivity index (χ1n) is 10.9. The summed E-state index contributed by atoms with van der Waals surface area (Å²) in [5, 5.41) is 21.0. The van der Waals surface area contributed by atoms with Gasteiger partial charge in [-0.25, -0.2) is 4.79 Å². The summed E-state index contributed by atoms with van der Waals surface area (Å²) in [5.74, 6) is 0.503. The van der Waals surface area contributed by atoms with Crippen LogP contribution in [0.25, 0.3) is 0 Å². The largest absolute Gasteiger partial charge is 0.491 e. The molecule has 0 radical (unpaired) electrons. The van der Waals surface area contributed by atoms with Gasteiger partial charge < -0.3 is 19.5 Å². The molecule has 2 aliphatic heterocycles. The van der Waals surface area contributed by atoms with Crippen molar-refractivity contribution in [2.75, 3.05) is 52.4 Å². The maximum absolute atomic E-state index is 11.8. The quantitative estimate of drug-likeness (QED) is 0.681. The lowest BCUT2D eigenvalue weighted by Gasteiger charge is -2.45. The van der Waals surface area contributed by atoms with Crippen molar-refractivity contribution in [3.8, 4) is 17.9 Å². The zero-order valence-corrected chi connectivity index (χ0v) is 19.0. The minimum absolute atomic E-state index is 0.119. The van der Waals surface area contributed by atoms with E-state index in [9.17, 15) is 10.1 Å². The van der Waals surface area contributed by atoms with Gasteiger partial charge in [0.15, 0.2) is 0 Å². The molecule has 2 saturated heterocycles. The zero-order chi connectivity index (χ0) is 23.1. The molecule has 2 bridgehead atoms. The van der Waals surface area contributed by atoms with E-state index in [1.165, 1.54) is 0 Å². The number of fused-ring (bicyclic) bond motifs is 2. The predicted octanol–water partition coefficient (Wildman–Crippen LogP) is 1.72. The van der Waals surface area contributed by atoms with E-state index in [1.54, 1.807) is 18.2 Å². The molecule has 0 saturated carbocycles.